The number of ketones is 1. The number of hydrogen-bond acceptors (Lipinski definition) is 5. The third-order valence-electron chi connectivity index (χ3n) is 3.84. The average molecular weight is 387 g/mol. The molecule has 0 saturated carbocycles. The molecule has 2 aromatic rings. The zero-order valence-electron chi connectivity index (χ0n) is 15.2. The van der Waals surface area contributed by atoms with Crippen molar-refractivity contribution in [2.45, 2.75) is 11.8 Å². The SMILES string of the molecule is COC(=O)/C=C/CN(CC(=O)c1ccccc1)S(=O)(=O)c1ccc(C)cc1. The second-order valence-electron chi connectivity index (χ2n) is 5.83. The summed E-state index contributed by atoms with van der Waals surface area (Å²) in [5, 5.41) is 0. The van der Waals surface area contributed by atoms with E-state index >= 15 is 0 Å². The third-order valence-corrected chi connectivity index (χ3v) is 5.66. The molecule has 6 nitrogen and oxygen atoms in total. The second-order valence-corrected chi connectivity index (χ2v) is 7.76. The molecule has 142 valence electrons. The summed E-state index contributed by atoms with van der Waals surface area (Å²) in [4.78, 5) is 23.9. The van der Waals surface area contributed by atoms with Crippen molar-refractivity contribution >= 4 is 21.8 Å². The molecule has 2 aromatic carbocycles. The van der Waals surface area contributed by atoms with E-state index in [2.05, 4.69) is 4.74 Å². The molecular formula is C20H21NO5S. The van der Waals surface area contributed by atoms with E-state index in [4.69, 9.17) is 0 Å². The first-order valence-corrected chi connectivity index (χ1v) is 9.68. The quantitative estimate of drug-likeness (QED) is 0.395. The first-order chi connectivity index (χ1) is 12.8. The molecule has 0 aliphatic rings. The van der Waals surface area contributed by atoms with Gasteiger partial charge in [-0.25, -0.2) is 13.2 Å². The Labute approximate surface area is 159 Å². The van der Waals surface area contributed by atoms with Crippen LogP contribution in [-0.2, 0) is 19.6 Å². The van der Waals surface area contributed by atoms with Crippen molar-refractivity contribution in [3.8, 4) is 0 Å². The topological polar surface area (TPSA) is 80.8 Å². The summed E-state index contributed by atoms with van der Waals surface area (Å²) in [6, 6.07) is 14.8. The van der Waals surface area contributed by atoms with Crippen molar-refractivity contribution in [1.82, 2.24) is 4.31 Å². The predicted molar refractivity (Wildman–Crippen MR) is 102 cm³/mol. The van der Waals surface area contributed by atoms with E-state index in [9.17, 15) is 18.0 Å². The number of esters is 1. The number of ether oxygens (including phenoxy) is 1. The lowest BCUT2D eigenvalue weighted by molar-refractivity contribution is -0.134. The molecule has 0 aromatic heterocycles. The van der Waals surface area contributed by atoms with Gasteiger partial charge in [0, 0.05) is 18.2 Å². The van der Waals surface area contributed by atoms with Gasteiger partial charge in [-0.3, -0.25) is 4.79 Å². The highest BCUT2D eigenvalue weighted by molar-refractivity contribution is 7.89. The van der Waals surface area contributed by atoms with Crippen LogP contribution in [0.1, 0.15) is 15.9 Å². The van der Waals surface area contributed by atoms with Gasteiger partial charge in [-0.1, -0.05) is 54.1 Å². The van der Waals surface area contributed by atoms with Crippen LogP contribution >= 0.6 is 0 Å². The Hall–Kier alpha value is -2.77. The number of rotatable bonds is 8. The number of carbonyl (C=O) groups is 2. The van der Waals surface area contributed by atoms with Gasteiger partial charge in [0.1, 0.15) is 0 Å². The summed E-state index contributed by atoms with van der Waals surface area (Å²) in [7, 11) is -2.69. The molecule has 0 aliphatic heterocycles. The Bertz CT molecular complexity index is 919. The fourth-order valence-electron chi connectivity index (χ4n) is 2.32. The Morgan fingerprint density at radius 3 is 2.26 bits per heavy atom. The number of Topliss-reactive ketones (excluding diaryl/α,β-unsaturated/α-hetero) is 1. The van der Waals surface area contributed by atoms with Crippen molar-refractivity contribution in [2.75, 3.05) is 20.2 Å². The monoisotopic (exact) mass is 387 g/mol. The predicted octanol–water partition coefficient (Wildman–Crippen LogP) is 2.60. The highest BCUT2D eigenvalue weighted by Crippen LogP contribution is 2.17. The minimum atomic E-state index is -3.92. The Balaban J connectivity index is 2.30. The van der Waals surface area contributed by atoms with E-state index in [-0.39, 0.29) is 23.8 Å². The van der Waals surface area contributed by atoms with Crippen molar-refractivity contribution in [3.05, 3.63) is 77.9 Å². The Kier molecular flexibility index (Phi) is 7.04. The molecule has 0 spiro atoms. The maximum Gasteiger partial charge on any atom is 0.330 e. The maximum atomic E-state index is 13.0. The van der Waals surface area contributed by atoms with Crippen LogP contribution in [0.4, 0.5) is 0 Å². The van der Waals surface area contributed by atoms with Gasteiger partial charge < -0.3 is 4.74 Å². The molecule has 2 rings (SSSR count). The van der Waals surface area contributed by atoms with Crippen LogP contribution in [0.3, 0.4) is 0 Å². The van der Waals surface area contributed by atoms with E-state index in [1.54, 1.807) is 42.5 Å². The van der Waals surface area contributed by atoms with Crippen LogP contribution in [0.5, 0.6) is 0 Å². The van der Waals surface area contributed by atoms with E-state index in [1.807, 2.05) is 6.92 Å². The summed E-state index contributed by atoms with van der Waals surface area (Å²) >= 11 is 0. The van der Waals surface area contributed by atoms with Gasteiger partial charge in [0.05, 0.1) is 18.6 Å². The minimum absolute atomic E-state index is 0.0837. The van der Waals surface area contributed by atoms with Crippen molar-refractivity contribution in [3.63, 3.8) is 0 Å². The molecule has 0 saturated heterocycles. The van der Waals surface area contributed by atoms with Gasteiger partial charge in [-0.15, -0.1) is 0 Å². The van der Waals surface area contributed by atoms with E-state index in [0.29, 0.717) is 5.56 Å². The molecule has 0 radical (unpaired) electrons. The highest BCUT2D eigenvalue weighted by Gasteiger charge is 2.26. The van der Waals surface area contributed by atoms with Crippen LogP contribution in [0.15, 0.2) is 71.6 Å². The number of sulfonamides is 1. The third kappa shape index (κ3) is 5.60. The average Bonchev–Trinajstić information content (AvgIpc) is 2.67. The standard InChI is InChI=1S/C20H21NO5S/c1-16-10-12-18(13-11-16)27(24,25)21(14-6-9-20(23)26-2)15-19(22)17-7-4-3-5-8-17/h3-13H,14-15H2,1-2H3/b9-6+. The van der Waals surface area contributed by atoms with E-state index < -0.39 is 16.0 Å². The summed E-state index contributed by atoms with van der Waals surface area (Å²) < 4.78 is 31.5. The van der Waals surface area contributed by atoms with Crippen LogP contribution in [-0.4, -0.2) is 44.7 Å². The van der Waals surface area contributed by atoms with Crippen molar-refractivity contribution < 1.29 is 22.7 Å². The minimum Gasteiger partial charge on any atom is -0.466 e. The highest BCUT2D eigenvalue weighted by atomic mass is 32.2. The van der Waals surface area contributed by atoms with Gasteiger partial charge in [0.2, 0.25) is 10.0 Å². The fourth-order valence-corrected chi connectivity index (χ4v) is 3.66. The Morgan fingerprint density at radius 1 is 1.04 bits per heavy atom. The number of hydrogen-bond donors (Lipinski definition) is 0. The fraction of sp³-hybridized carbons (Fsp3) is 0.200. The second kappa shape index (κ2) is 9.25. The molecule has 0 fully saturated rings. The van der Waals surface area contributed by atoms with Gasteiger partial charge in [-0.2, -0.15) is 4.31 Å². The van der Waals surface area contributed by atoms with Crippen molar-refractivity contribution in [1.29, 1.82) is 0 Å². The van der Waals surface area contributed by atoms with Crippen LogP contribution in [0.2, 0.25) is 0 Å². The largest absolute Gasteiger partial charge is 0.466 e. The number of carbonyl (C=O) groups excluding carboxylic acids is 2. The summed E-state index contributed by atoms with van der Waals surface area (Å²) in [6.07, 6.45) is 2.49. The van der Waals surface area contributed by atoms with Crippen LogP contribution < -0.4 is 0 Å². The number of aryl methyl sites for hydroxylation is 1. The van der Waals surface area contributed by atoms with Crippen LogP contribution in [0.25, 0.3) is 0 Å². The maximum absolute atomic E-state index is 13.0. The molecule has 0 amide bonds. The molecule has 0 heterocycles. The first kappa shape index (κ1) is 20.5. The Morgan fingerprint density at radius 2 is 1.67 bits per heavy atom. The smallest absolute Gasteiger partial charge is 0.330 e. The van der Waals surface area contributed by atoms with E-state index in [1.165, 1.54) is 25.3 Å². The van der Waals surface area contributed by atoms with Crippen molar-refractivity contribution in [2.24, 2.45) is 0 Å². The lowest BCUT2D eigenvalue weighted by Gasteiger charge is -2.20. The summed E-state index contributed by atoms with van der Waals surface area (Å²) in [5.74, 6) is -0.935. The molecular weight excluding hydrogens is 366 g/mol. The molecule has 0 bridgehead atoms. The lowest BCUT2D eigenvalue weighted by atomic mass is 10.1. The number of nitrogens with zero attached hydrogens (tertiary/aromatic N) is 1. The molecule has 0 N–H and O–H groups in total. The zero-order chi connectivity index (χ0) is 19.9. The lowest BCUT2D eigenvalue weighted by Crippen LogP contribution is -2.36. The van der Waals surface area contributed by atoms with Crippen LogP contribution in [0, 0.1) is 6.92 Å². The summed E-state index contributed by atoms with van der Waals surface area (Å²) in [5.41, 5.74) is 1.34. The first-order valence-electron chi connectivity index (χ1n) is 8.24. The van der Waals surface area contributed by atoms with Gasteiger partial charge >= 0.3 is 5.97 Å². The van der Waals surface area contributed by atoms with Gasteiger partial charge in [0.25, 0.3) is 0 Å². The van der Waals surface area contributed by atoms with E-state index in [0.717, 1.165) is 15.9 Å². The normalized spacial score (nSPS) is 11.7. The number of methoxy groups -OCH3 is 1. The molecule has 7 heteroatoms. The van der Waals surface area contributed by atoms with Gasteiger partial charge in [-0.05, 0) is 19.1 Å². The molecule has 0 aliphatic carbocycles. The zero-order valence-corrected chi connectivity index (χ0v) is 16.0. The van der Waals surface area contributed by atoms with Gasteiger partial charge in [0.15, 0.2) is 5.78 Å². The molecule has 27 heavy (non-hydrogen) atoms. The molecule has 0 atom stereocenters. The summed E-state index contributed by atoms with van der Waals surface area (Å²) in [6.45, 7) is 1.38. The molecule has 0 unspecified atom stereocenters. The number of benzene rings is 2.